The summed E-state index contributed by atoms with van der Waals surface area (Å²) in [5, 5.41) is 9.04. The van der Waals surface area contributed by atoms with Gasteiger partial charge < -0.3 is 4.98 Å². The molecule has 2 aromatic carbocycles. The second-order valence-electron chi connectivity index (χ2n) is 6.48. The number of nitrogens with one attached hydrogen (secondary N) is 1. The first-order chi connectivity index (χ1) is 14.1. The molecule has 0 saturated heterocycles. The number of hydrogen-bond donors (Lipinski definition) is 1. The normalized spacial score (nSPS) is 11.2. The summed E-state index contributed by atoms with van der Waals surface area (Å²) in [6.07, 6.45) is 3.09. The first-order valence-corrected chi connectivity index (χ1v) is 8.70. The molecule has 3 heterocycles. The van der Waals surface area contributed by atoms with Crippen LogP contribution in [0.3, 0.4) is 0 Å². The Morgan fingerprint density at radius 1 is 1.17 bits per heavy atom. The number of nitrogens with zero attached hydrogens (tertiary/aromatic N) is 6. The maximum absolute atomic E-state index is 13.5. The molecule has 0 saturated carbocycles. The predicted octanol–water partition coefficient (Wildman–Crippen LogP) is 2.52. The van der Waals surface area contributed by atoms with Gasteiger partial charge in [0.25, 0.3) is 0 Å². The number of fused-ring (bicyclic) bond motifs is 2. The van der Waals surface area contributed by atoms with Gasteiger partial charge in [-0.15, -0.1) is 0 Å². The molecular weight excluding hydrogens is 373 g/mol. The summed E-state index contributed by atoms with van der Waals surface area (Å²) >= 11 is 0. The summed E-state index contributed by atoms with van der Waals surface area (Å²) in [4.78, 5) is 28.3. The molecule has 0 aliphatic carbocycles. The molecule has 1 N–H and O–H groups in total. The average Bonchev–Trinajstić information content (AvgIpc) is 3.28. The Bertz CT molecular complexity index is 1490. The third-order valence-corrected chi connectivity index (χ3v) is 4.62. The van der Waals surface area contributed by atoms with E-state index in [1.807, 2.05) is 0 Å². The van der Waals surface area contributed by atoms with Crippen molar-refractivity contribution >= 4 is 22.2 Å². The molecule has 0 bridgehead atoms. The van der Waals surface area contributed by atoms with E-state index in [2.05, 4.69) is 26.0 Å². The van der Waals surface area contributed by atoms with Crippen molar-refractivity contribution in [3.8, 4) is 12.0 Å². The van der Waals surface area contributed by atoms with Crippen molar-refractivity contribution in [2.75, 3.05) is 0 Å². The summed E-state index contributed by atoms with van der Waals surface area (Å²) in [5.41, 5.74) is 3.05. The van der Waals surface area contributed by atoms with Crippen LogP contribution in [0.15, 0.2) is 59.8 Å². The van der Waals surface area contributed by atoms with Gasteiger partial charge in [-0.05, 0) is 35.9 Å². The number of halogens is 1. The highest BCUT2D eigenvalue weighted by Gasteiger charge is 2.13. The summed E-state index contributed by atoms with van der Waals surface area (Å²) in [6, 6.07) is 13.3. The van der Waals surface area contributed by atoms with Crippen LogP contribution in [-0.2, 0) is 6.54 Å². The monoisotopic (exact) mass is 385 g/mol. The van der Waals surface area contributed by atoms with E-state index in [1.54, 1.807) is 41.2 Å². The highest BCUT2D eigenvalue weighted by Crippen LogP contribution is 2.19. The number of H-pyrrole nitrogens is 1. The van der Waals surface area contributed by atoms with Gasteiger partial charge in [-0.2, -0.15) is 10.2 Å². The van der Waals surface area contributed by atoms with Gasteiger partial charge in [0.2, 0.25) is 5.95 Å². The summed E-state index contributed by atoms with van der Waals surface area (Å²) in [6.45, 7) is 0.170. The van der Waals surface area contributed by atoms with E-state index >= 15 is 0 Å². The Labute approximate surface area is 162 Å². The van der Waals surface area contributed by atoms with Crippen LogP contribution in [0.4, 0.5) is 4.39 Å². The zero-order valence-corrected chi connectivity index (χ0v) is 14.9. The highest BCUT2D eigenvalue weighted by molar-refractivity contribution is 5.79. The van der Waals surface area contributed by atoms with Gasteiger partial charge in [0.15, 0.2) is 5.65 Å². The van der Waals surface area contributed by atoms with Crippen molar-refractivity contribution in [3.05, 3.63) is 82.4 Å². The van der Waals surface area contributed by atoms with Crippen LogP contribution >= 0.6 is 0 Å². The zero-order valence-electron chi connectivity index (χ0n) is 14.9. The van der Waals surface area contributed by atoms with E-state index in [9.17, 15) is 9.18 Å². The fourth-order valence-electron chi connectivity index (χ4n) is 3.26. The molecule has 29 heavy (non-hydrogen) atoms. The Hall–Kier alpha value is -4.32. The molecule has 5 rings (SSSR count). The molecule has 3 aromatic heterocycles. The largest absolute Gasteiger partial charge is 0.328 e. The zero-order chi connectivity index (χ0) is 20.0. The van der Waals surface area contributed by atoms with Gasteiger partial charge in [-0.1, -0.05) is 12.1 Å². The highest BCUT2D eigenvalue weighted by atomic mass is 19.1. The number of imidazole rings is 2. The Balaban J connectivity index is 1.64. The molecule has 0 amide bonds. The second-order valence-corrected chi connectivity index (χ2v) is 6.48. The third-order valence-electron chi connectivity index (χ3n) is 4.62. The molecule has 0 spiro atoms. The number of rotatable bonds is 3. The Morgan fingerprint density at radius 3 is 2.90 bits per heavy atom. The fraction of sp³-hybridized carbons (Fsp3) is 0.0500. The van der Waals surface area contributed by atoms with E-state index < -0.39 is 0 Å². The van der Waals surface area contributed by atoms with Gasteiger partial charge in [-0.3, -0.25) is 9.13 Å². The Kier molecular flexibility index (Phi) is 3.70. The van der Waals surface area contributed by atoms with Gasteiger partial charge in [0.05, 0.1) is 35.4 Å². The number of benzene rings is 2. The average molecular weight is 385 g/mol. The maximum Gasteiger partial charge on any atom is 0.328 e. The molecule has 0 aliphatic rings. The maximum atomic E-state index is 13.5. The van der Waals surface area contributed by atoms with E-state index in [4.69, 9.17) is 5.26 Å². The molecule has 9 heteroatoms. The van der Waals surface area contributed by atoms with E-state index in [1.165, 1.54) is 22.9 Å². The van der Waals surface area contributed by atoms with Gasteiger partial charge in [-0.25, -0.2) is 19.2 Å². The van der Waals surface area contributed by atoms with Crippen LogP contribution in [0.2, 0.25) is 0 Å². The summed E-state index contributed by atoms with van der Waals surface area (Å²) in [7, 11) is 0. The van der Waals surface area contributed by atoms with E-state index in [0.717, 1.165) is 5.52 Å². The molecule has 5 aromatic rings. The van der Waals surface area contributed by atoms with Crippen LogP contribution in [0.5, 0.6) is 0 Å². The van der Waals surface area contributed by atoms with Crippen LogP contribution in [-0.4, -0.2) is 29.1 Å². The molecule has 0 aliphatic heterocycles. The van der Waals surface area contributed by atoms with Crippen molar-refractivity contribution in [3.63, 3.8) is 0 Å². The smallest absolute Gasteiger partial charge is 0.303 e. The summed E-state index contributed by atoms with van der Waals surface area (Å²) < 4.78 is 16.6. The summed E-state index contributed by atoms with van der Waals surface area (Å²) in [5.74, 6) is -0.0379. The van der Waals surface area contributed by atoms with Crippen molar-refractivity contribution in [1.29, 1.82) is 5.26 Å². The lowest BCUT2D eigenvalue weighted by atomic mass is 10.2. The minimum atomic E-state index is -0.368. The van der Waals surface area contributed by atoms with Gasteiger partial charge in [0.1, 0.15) is 17.7 Å². The topological polar surface area (TPSA) is 105 Å². The predicted molar refractivity (Wildman–Crippen MR) is 103 cm³/mol. The molecule has 0 atom stereocenters. The minimum Gasteiger partial charge on any atom is -0.303 e. The molecule has 0 radical (unpaired) electrons. The lowest BCUT2D eigenvalue weighted by Gasteiger charge is -2.06. The van der Waals surface area contributed by atoms with Crippen LogP contribution in [0.25, 0.3) is 28.1 Å². The molecule has 0 fully saturated rings. The van der Waals surface area contributed by atoms with Crippen molar-refractivity contribution in [1.82, 2.24) is 29.1 Å². The van der Waals surface area contributed by atoms with Crippen molar-refractivity contribution in [2.45, 2.75) is 6.54 Å². The van der Waals surface area contributed by atoms with Crippen LogP contribution in [0.1, 0.15) is 11.1 Å². The number of hydrogen-bond acceptors (Lipinski definition) is 5. The van der Waals surface area contributed by atoms with E-state index in [0.29, 0.717) is 33.8 Å². The first-order valence-electron chi connectivity index (χ1n) is 8.70. The van der Waals surface area contributed by atoms with Crippen molar-refractivity contribution in [2.24, 2.45) is 0 Å². The van der Waals surface area contributed by atoms with Gasteiger partial charge in [0, 0.05) is 0 Å². The minimum absolute atomic E-state index is 0.170. The lowest BCUT2D eigenvalue weighted by molar-refractivity contribution is 0.623. The molecule has 0 unspecified atom stereocenters. The van der Waals surface area contributed by atoms with Crippen LogP contribution in [0, 0.1) is 17.1 Å². The first kappa shape index (κ1) is 16.8. The molecule has 8 nitrogen and oxygen atoms in total. The second kappa shape index (κ2) is 6.38. The van der Waals surface area contributed by atoms with Crippen LogP contribution < -0.4 is 5.69 Å². The lowest BCUT2D eigenvalue weighted by Crippen LogP contribution is -2.18. The molecular formula is C20H12FN7O. The third kappa shape index (κ3) is 2.83. The standard InChI is InChI=1S/C20H12FN7O/c21-14-3-1-2-13(6-14)10-27-18-16(25-20(27)29)9-23-19(26-18)28-11-24-15-7-12(8-22)4-5-17(15)28/h1-7,9,11H,10H2,(H,25,29). The number of aromatic amines is 1. The quantitative estimate of drug-likeness (QED) is 0.514. The van der Waals surface area contributed by atoms with Crippen molar-refractivity contribution < 1.29 is 4.39 Å². The van der Waals surface area contributed by atoms with Gasteiger partial charge >= 0.3 is 5.69 Å². The SMILES string of the molecule is N#Cc1ccc2c(c1)ncn2-c1ncc2[nH]c(=O)n(Cc3cccc(F)c3)c2n1. The Morgan fingerprint density at radius 2 is 2.07 bits per heavy atom. The number of nitriles is 1. The molecule has 140 valence electrons. The van der Waals surface area contributed by atoms with E-state index in [-0.39, 0.29) is 18.1 Å². The number of aromatic nitrogens is 6. The fourth-order valence-corrected chi connectivity index (χ4v) is 3.26.